The standard InChI is InChI=1S/C44H69NO12.C21H30O2.C6H12O2/c1-10-13-31-19-25(2)18-26(3)20-37(54-8)40-38(55-9)22-28(5)44(52,57-40)41(49)42(50)45-17-12-11-14-32(45)43(51)56-39(29(6)34(47)24-35(31)48)27(4)21-30-15-16-33(46)36(23-30)53-7;1-13(22)17-6-7-18-16-5-4-14-12-15(23)8-10-20(14,2)19(16)9-11-21(17,18)3;1-2-3-4-5-6(7)8/h10,19,21,26,28-34,36-40,46-47,52H,1,11-18,20,22-24H2,2-9H3;12,16-19H,4-11H2,1-3H3;2-5H2,1H3,(H,7,8)/b25-19+,27-21+;;/t26-,28+,29+,30-,31+,32-,33+,34-,36+,37-,38-,39+,40+,44+;16-,17+,18-,19-,20-,21+;/m00./s1. The quantitative estimate of drug-likeness (QED) is 0.0614. The highest BCUT2D eigenvalue weighted by Gasteiger charge is 2.60. The molecule has 3 aliphatic heterocycles. The molecule has 0 aromatic heterocycles. The zero-order valence-electron chi connectivity index (χ0n) is 55.4. The molecule has 0 unspecified atom stereocenters. The Bertz CT molecular complexity index is 2540. The summed E-state index contributed by atoms with van der Waals surface area (Å²) < 4.78 is 29.7. The SMILES string of the molecule is C=CC[C@@H]1/C=C(\C)C[C@H](C)C[C@H](OC)[C@H]2O[C@@](O)(C(=O)C(=O)N3CCCC[C@H]3C(=O)O[C@H](/C(C)=C/[C@@H]3CC[C@@H](O)[C@H](OC)C3)[C@H](C)[C@@H](O)CC1=O)[C@H](C)C[C@@H]2OC.CC(=O)[C@H]1CC[C@H]2[C@@H]3CCC4=CC(=O)CC[C@]4(C)[C@H]3CC[C@]12C.CCCCCC(=O)O. The molecule has 20 atom stereocenters. The number of aliphatic hydroxyl groups excluding tert-OH is 2. The second kappa shape index (κ2) is 32.4. The molecule has 4 N–H and O–H groups in total. The van der Waals surface area contributed by atoms with E-state index in [2.05, 4.69) is 27.4 Å². The number of hydrogen-bond acceptors (Lipinski definition) is 15. The van der Waals surface area contributed by atoms with Crippen molar-refractivity contribution in [3.05, 3.63) is 47.6 Å². The van der Waals surface area contributed by atoms with Gasteiger partial charge in [-0.05, 0) is 188 Å². The van der Waals surface area contributed by atoms with E-state index in [0.29, 0.717) is 80.8 Å². The Morgan fingerprint density at radius 2 is 1.51 bits per heavy atom. The number of cyclic esters (lactones) is 1. The molecule has 0 aromatic rings. The molecule has 496 valence electrons. The number of carboxylic acids is 1. The van der Waals surface area contributed by atoms with Crippen molar-refractivity contribution >= 4 is 41.0 Å². The molecule has 0 spiro atoms. The van der Waals surface area contributed by atoms with Gasteiger partial charge in [0, 0.05) is 70.8 Å². The number of allylic oxidation sites excluding steroid dienone is 5. The van der Waals surface area contributed by atoms with Gasteiger partial charge in [-0.15, -0.1) is 6.58 Å². The Hall–Kier alpha value is -4.23. The predicted octanol–water partition coefficient (Wildman–Crippen LogP) is 11.0. The Morgan fingerprint density at radius 1 is 0.818 bits per heavy atom. The Kier molecular flexibility index (Phi) is 26.8. The second-order valence-corrected chi connectivity index (χ2v) is 28.4. The fraction of sp³-hybridized carbons (Fsp3) is 0.789. The molecule has 88 heavy (non-hydrogen) atoms. The van der Waals surface area contributed by atoms with E-state index < -0.39 is 89.8 Å². The van der Waals surface area contributed by atoms with Crippen LogP contribution in [0.3, 0.4) is 0 Å². The molecule has 17 heteroatoms. The number of unbranched alkanes of at least 4 members (excludes halogenated alkanes) is 2. The van der Waals surface area contributed by atoms with Crippen molar-refractivity contribution in [2.45, 2.75) is 265 Å². The lowest BCUT2D eigenvalue weighted by atomic mass is 9.47. The molecule has 2 bridgehead atoms. The number of hydrogen-bond donors (Lipinski definition) is 4. The van der Waals surface area contributed by atoms with Crippen molar-refractivity contribution in [3.8, 4) is 0 Å². The number of ether oxygens (including phenoxy) is 5. The second-order valence-electron chi connectivity index (χ2n) is 28.4. The first-order valence-corrected chi connectivity index (χ1v) is 33.5. The number of amides is 1. The molecule has 17 nitrogen and oxygen atoms in total. The van der Waals surface area contributed by atoms with Gasteiger partial charge in [0.15, 0.2) is 5.78 Å². The number of rotatable bonds is 12. The number of carboxylic acid groups (broad SMARTS) is 1. The molecule has 8 rings (SSSR count). The molecular weight excluding hydrogens is 1120 g/mol. The van der Waals surface area contributed by atoms with Gasteiger partial charge in [0.1, 0.15) is 29.8 Å². The van der Waals surface area contributed by atoms with Crippen LogP contribution in [0.2, 0.25) is 0 Å². The van der Waals surface area contributed by atoms with Crippen LogP contribution in [0.25, 0.3) is 0 Å². The number of piperidine rings is 1. The van der Waals surface area contributed by atoms with Gasteiger partial charge in [-0.2, -0.15) is 0 Å². The zero-order valence-corrected chi connectivity index (χ0v) is 55.4. The normalized spacial score (nSPS) is 40.2. The van der Waals surface area contributed by atoms with Gasteiger partial charge in [0.25, 0.3) is 11.7 Å². The fourth-order valence-electron chi connectivity index (χ4n) is 17.2. The van der Waals surface area contributed by atoms with Gasteiger partial charge < -0.3 is 49.0 Å². The third kappa shape index (κ3) is 17.1. The summed E-state index contributed by atoms with van der Waals surface area (Å²) in [5.41, 5.74) is 3.56. The van der Waals surface area contributed by atoms with Crippen LogP contribution in [0, 0.1) is 64.1 Å². The van der Waals surface area contributed by atoms with Crippen molar-refractivity contribution < 1.29 is 77.7 Å². The summed E-state index contributed by atoms with van der Waals surface area (Å²) in [6.45, 7) is 21.8. The summed E-state index contributed by atoms with van der Waals surface area (Å²) in [4.78, 5) is 91.7. The van der Waals surface area contributed by atoms with Crippen molar-refractivity contribution in [2.24, 2.45) is 64.1 Å². The summed E-state index contributed by atoms with van der Waals surface area (Å²) in [6, 6.07) is -1.14. The highest BCUT2D eigenvalue weighted by atomic mass is 16.7. The maximum absolute atomic E-state index is 14.3. The Balaban J connectivity index is 0.000000322. The minimum atomic E-state index is -2.51. The summed E-state index contributed by atoms with van der Waals surface area (Å²) in [7, 11) is 4.61. The van der Waals surface area contributed by atoms with E-state index in [-0.39, 0.29) is 60.4 Å². The van der Waals surface area contributed by atoms with Crippen molar-refractivity contribution in [3.63, 3.8) is 0 Å². The minimum absolute atomic E-state index is 0.00988. The van der Waals surface area contributed by atoms with Gasteiger partial charge in [-0.1, -0.05) is 83.8 Å². The lowest BCUT2D eigenvalue weighted by molar-refractivity contribution is -0.302. The average Bonchev–Trinajstić information content (AvgIpc) is 1.49. The first-order valence-electron chi connectivity index (χ1n) is 33.5. The van der Waals surface area contributed by atoms with Crippen LogP contribution in [-0.2, 0) is 57.2 Å². The molecule has 8 aliphatic rings. The summed E-state index contributed by atoms with van der Waals surface area (Å²) >= 11 is 0. The van der Waals surface area contributed by atoms with E-state index in [1.807, 2.05) is 39.0 Å². The number of aliphatic carboxylic acids is 1. The van der Waals surface area contributed by atoms with Gasteiger partial charge in [-0.3, -0.25) is 28.8 Å². The van der Waals surface area contributed by atoms with Crippen LogP contribution in [0.15, 0.2) is 47.6 Å². The van der Waals surface area contributed by atoms with Crippen molar-refractivity contribution in [2.75, 3.05) is 27.9 Å². The van der Waals surface area contributed by atoms with E-state index in [9.17, 15) is 48.9 Å². The number of carbonyl (C=O) groups is 7. The first-order chi connectivity index (χ1) is 41.6. The van der Waals surface area contributed by atoms with Gasteiger partial charge in [-0.25, -0.2) is 4.79 Å². The van der Waals surface area contributed by atoms with E-state index in [1.54, 1.807) is 34.0 Å². The largest absolute Gasteiger partial charge is 0.481 e. The first kappa shape index (κ1) is 72.8. The van der Waals surface area contributed by atoms with Crippen LogP contribution >= 0.6 is 0 Å². The molecule has 4 saturated carbocycles. The molecule has 0 aromatic carbocycles. The van der Waals surface area contributed by atoms with Gasteiger partial charge in [0.05, 0.1) is 30.5 Å². The smallest absolute Gasteiger partial charge is 0.329 e. The van der Waals surface area contributed by atoms with Crippen LogP contribution < -0.4 is 0 Å². The number of nitrogens with zero attached hydrogens (tertiary/aromatic N) is 1. The predicted molar refractivity (Wildman–Crippen MR) is 335 cm³/mol. The maximum Gasteiger partial charge on any atom is 0.329 e. The van der Waals surface area contributed by atoms with Gasteiger partial charge >= 0.3 is 11.9 Å². The number of fused-ring (bicyclic) bond motifs is 8. The molecule has 2 saturated heterocycles. The summed E-state index contributed by atoms with van der Waals surface area (Å²) in [6.07, 6.45) is 19.2. The average molecular weight is 1230 g/mol. The van der Waals surface area contributed by atoms with E-state index in [1.165, 1.54) is 50.4 Å². The maximum atomic E-state index is 14.3. The number of aliphatic hydroxyl groups is 3. The minimum Gasteiger partial charge on any atom is -0.481 e. The molecule has 0 radical (unpaired) electrons. The van der Waals surface area contributed by atoms with E-state index in [0.717, 1.165) is 68.3 Å². The molecule has 3 heterocycles. The van der Waals surface area contributed by atoms with Crippen LogP contribution in [0.5, 0.6) is 0 Å². The van der Waals surface area contributed by atoms with Crippen LogP contribution in [0.4, 0.5) is 0 Å². The van der Waals surface area contributed by atoms with E-state index >= 15 is 0 Å². The number of methoxy groups -OCH3 is 3. The summed E-state index contributed by atoms with van der Waals surface area (Å²) in [5, 5.41) is 42.3. The topological polar surface area (TPSA) is 250 Å². The Labute approximate surface area is 525 Å². The third-order valence-corrected chi connectivity index (χ3v) is 22.3. The lowest BCUT2D eigenvalue weighted by Crippen LogP contribution is -2.64. The van der Waals surface area contributed by atoms with Crippen LogP contribution in [0.1, 0.15) is 210 Å². The highest BCUT2D eigenvalue weighted by Crippen LogP contribution is 2.66. The number of esters is 1. The van der Waals surface area contributed by atoms with E-state index in [4.69, 9.17) is 28.8 Å². The molecule has 5 aliphatic carbocycles. The number of Topliss-reactive ketones (excluding diaryl/α,β-unsaturated/α-hetero) is 3. The fourth-order valence-corrected chi connectivity index (χ4v) is 17.2. The Morgan fingerprint density at radius 3 is 2.16 bits per heavy atom. The van der Waals surface area contributed by atoms with Crippen molar-refractivity contribution in [1.29, 1.82) is 0 Å². The summed E-state index contributed by atoms with van der Waals surface area (Å²) in [5.74, 6) is -5.15. The zero-order chi connectivity index (χ0) is 65.0. The third-order valence-electron chi connectivity index (χ3n) is 22.3. The number of carbonyl (C=O) groups excluding carboxylic acids is 6. The molecule has 1 amide bonds. The monoisotopic (exact) mass is 1230 g/mol. The van der Waals surface area contributed by atoms with Crippen molar-refractivity contribution in [1.82, 2.24) is 4.90 Å². The lowest BCUT2D eigenvalue weighted by Gasteiger charge is -2.58. The molecule has 6 fully saturated rings. The molecular formula is C71H111NO16. The van der Waals surface area contributed by atoms with Gasteiger partial charge in [0.2, 0.25) is 5.79 Å². The number of ketones is 4. The van der Waals surface area contributed by atoms with Crippen LogP contribution in [-0.4, -0.2) is 149 Å². The highest BCUT2D eigenvalue weighted by molar-refractivity contribution is 6.39.